The summed E-state index contributed by atoms with van der Waals surface area (Å²) in [6.07, 6.45) is 7.19. The van der Waals surface area contributed by atoms with Gasteiger partial charge in [-0.15, -0.1) is 0 Å². The molecule has 4 aliphatic rings. The summed E-state index contributed by atoms with van der Waals surface area (Å²) in [5, 5.41) is 0. The smallest absolute Gasteiger partial charge is 0.250 e. The minimum absolute atomic E-state index is 0.204. The van der Waals surface area contributed by atoms with E-state index in [1.807, 2.05) is 6.07 Å². The van der Waals surface area contributed by atoms with E-state index in [1.165, 1.54) is 50.9 Å². The van der Waals surface area contributed by atoms with E-state index in [9.17, 15) is 4.79 Å². The lowest BCUT2D eigenvalue weighted by molar-refractivity contribution is 0.0570. The van der Waals surface area contributed by atoms with Crippen molar-refractivity contribution in [3.63, 3.8) is 0 Å². The molecule has 0 unspecified atom stereocenters. The molecule has 1 aromatic rings. The molecule has 3 fully saturated rings. The zero-order valence-corrected chi connectivity index (χ0v) is 12.6. The molecule has 112 valence electrons. The first-order valence-electron chi connectivity index (χ1n) is 8.71. The van der Waals surface area contributed by atoms with E-state index in [1.54, 1.807) is 6.07 Å². The van der Waals surface area contributed by atoms with Crippen molar-refractivity contribution in [2.75, 3.05) is 13.1 Å². The molecule has 0 spiro atoms. The molecule has 1 aromatic heterocycles. The van der Waals surface area contributed by atoms with Gasteiger partial charge in [-0.25, -0.2) is 0 Å². The Labute approximate surface area is 126 Å². The van der Waals surface area contributed by atoms with E-state index in [4.69, 9.17) is 0 Å². The van der Waals surface area contributed by atoms with Crippen LogP contribution in [-0.4, -0.2) is 28.6 Å². The fourth-order valence-electron chi connectivity index (χ4n) is 5.86. The number of pyridine rings is 1. The Balaban J connectivity index is 1.44. The van der Waals surface area contributed by atoms with Crippen molar-refractivity contribution in [1.82, 2.24) is 9.47 Å². The predicted octanol–water partition coefficient (Wildman–Crippen LogP) is 2.46. The maximum Gasteiger partial charge on any atom is 0.250 e. The third-order valence-electron chi connectivity index (χ3n) is 6.68. The Morgan fingerprint density at radius 3 is 2.71 bits per heavy atom. The van der Waals surface area contributed by atoms with Crippen LogP contribution in [-0.2, 0) is 6.54 Å². The molecule has 0 radical (unpaired) electrons. The first-order valence-corrected chi connectivity index (χ1v) is 8.71. The average molecular weight is 284 g/mol. The molecule has 0 N–H and O–H groups in total. The van der Waals surface area contributed by atoms with Crippen LogP contribution in [0.3, 0.4) is 0 Å². The quantitative estimate of drug-likeness (QED) is 0.791. The fraction of sp³-hybridized carbons (Fsp3) is 0.722. The summed E-state index contributed by atoms with van der Waals surface area (Å²) in [4.78, 5) is 14.9. The van der Waals surface area contributed by atoms with Gasteiger partial charge in [0.05, 0.1) is 0 Å². The predicted molar refractivity (Wildman–Crippen MR) is 82.4 cm³/mol. The standard InChI is InChI=1S/C18H24N2O/c21-18-3-1-2-16-15-7-13(10-20(16)18)9-19(11-15)17-8-12-4-5-14(17)6-12/h1-3,12-15,17H,4-11H2/t12-,13+,14-,15-,17-/m1/s1. The van der Waals surface area contributed by atoms with Crippen molar-refractivity contribution >= 4 is 0 Å². The fourth-order valence-corrected chi connectivity index (χ4v) is 5.86. The normalized spacial score (nSPS) is 41.2. The highest BCUT2D eigenvalue weighted by Gasteiger charge is 2.45. The van der Waals surface area contributed by atoms with Gasteiger partial charge in [0.15, 0.2) is 0 Å². The van der Waals surface area contributed by atoms with Crippen LogP contribution in [0.15, 0.2) is 23.0 Å². The van der Waals surface area contributed by atoms with Gasteiger partial charge in [0.1, 0.15) is 0 Å². The van der Waals surface area contributed by atoms with E-state index in [0.717, 1.165) is 24.4 Å². The van der Waals surface area contributed by atoms with Crippen LogP contribution in [0.2, 0.25) is 0 Å². The molecule has 3 nitrogen and oxygen atoms in total. The summed E-state index contributed by atoms with van der Waals surface area (Å²) in [6.45, 7) is 3.36. The third kappa shape index (κ3) is 1.86. The van der Waals surface area contributed by atoms with Gasteiger partial charge >= 0.3 is 0 Å². The number of piperidine rings is 1. The van der Waals surface area contributed by atoms with Crippen LogP contribution in [0.1, 0.15) is 43.7 Å². The summed E-state index contributed by atoms with van der Waals surface area (Å²) >= 11 is 0. The molecular formula is C18H24N2O. The molecule has 3 heterocycles. The van der Waals surface area contributed by atoms with Gasteiger partial charge in [0.2, 0.25) is 0 Å². The van der Waals surface area contributed by atoms with Gasteiger partial charge in [0, 0.05) is 43.4 Å². The van der Waals surface area contributed by atoms with Gasteiger partial charge in [-0.2, -0.15) is 0 Å². The molecule has 0 aromatic carbocycles. The lowest BCUT2D eigenvalue weighted by Crippen LogP contribution is -2.51. The molecular weight excluding hydrogens is 260 g/mol. The van der Waals surface area contributed by atoms with Crippen molar-refractivity contribution in [2.24, 2.45) is 17.8 Å². The highest BCUT2D eigenvalue weighted by atomic mass is 16.1. The molecule has 2 aliphatic heterocycles. The largest absolute Gasteiger partial charge is 0.312 e. The van der Waals surface area contributed by atoms with Gasteiger partial charge < -0.3 is 4.57 Å². The van der Waals surface area contributed by atoms with Crippen LogP contribution in [0.4, 0.5) is 0 Å². The van der Waals surface area contributed by atoms with Crippen molar-refractivity contribution in [3.05, 3.63) is 34.2 Å². The van der Waals surface area contributed by atoms with Crippen LogP contribution in [0, 0.1) is 17.8 Å². The Hall–Kier alpha value is -1.09. The molecule has 2 saturated carbocycles. The van der Waals surface area contributed by atoms with Crippen molar-refractivity contribution in [1.29, 1.82) is 0 Å². The maximum atomic E-state index is 12.1. The van der Waals surface area contributed by atoms with Crippen LogP contribution in [0.5, 0.6) is 0 Å². The third-order valence-corrected chi connectivity index (χ3v) is 6.68. The molecule has 5 rings (SSSR count). The van der Waals surface area contributed by atoms with E-state index >= 15 is 0 Å². The summed E-state index contributed by atoms with van der Waals surface area (Å²) in [5.74, 6) is 3.28. The minimum atomic E-state index is 0.204. The van der Waals surface area contributed by atoms with Crippen molar-refractivity contribution in [2.45, 2.75) is 50.6 Å². The Bertz CT molecular complexity index is 622. The lowest BCUT2D eigenvalue weighted by Gasteiger charge is -2.46. The summed E-state index contributed by atoms with van der Waals surface area (Å²) < 4.78 is 2.05. The van der Waals surface area contributed by atoms with Crippen LogP contribution < -0.4 is 5.56 Å². The topological polar surface area (TPSA) is 25.2 Å². The summed E-state index contributed by atoms with van der Waals surface area (Å²) in [5.41, 5.74) is 1.50. The first-order chi connectivity index (χ1) is 10.3. The second-order valence-electron chi connectivity index (χ2n) is 7.89. The van der Waals surface area contributed by atoms with Crippen LogP contribution in [0.25, 0.3) is 0 Å². The molecule has 2 aliphatic carbocycles. The highest BCUT2D eigenvalue weighted by Crippen LogP contribution is 2.48. The lowest BCUT2D eigenvalue weighted by atomic mass is 9.81. The van der Waals surface area contributed by atoms with Gasteiger partial charge in [0.25, 0.3) is 5.56 Å². The number of rotatable bonds is 1. The zero-order chi connectivity index (χ0) is 14.0. The number of nitrogens with zero attached hydrogens (tertiary/aromatic N) is 2. The molecule has 0 amide bonds. The number of hydrogen-bond donors (Lipinski definition) is 0. The monoisotopic (exact) mass is 284 g/mol. The second-order valence-corrected chi connectivity index (χ2v) is 7.89. The van der Waals surface area contributed by atoms with E-state index < -0.39 is 0 Å². The average Bonchev–Trinajstić information content (AvgIpc) is 3.11. The van der Waals surface area contributed by atoms with Crippen molar-refractivity contribution < 1.29 is 0 Å². The van der Waals surface area contributed by atoms with Crippen LogP contribution >= 0.6 is 0 Å². The number of aromatic nitrogens is 1. The summed E-state index contributed by atoms with van der Waals surface area (Å²) in [7, 11) is 0. The maximum absolute atomic E-state index is 12.1. The Morgan fingerprint density at radius 1 is 0.952 bits per heavy atom. The SMILES string of the molecule is O=c1cccc2n1C[C@H]1C[C@@H]2CN([C@@H]2C[C@@H]3CC[C@@H]2C3)C1. The highest BCUT2D eigenvalue weighted by molar-refractivity contribution is 5.17. The van der Waals surface area contributed by atoms with Crippen molar-refractivity contribution in [3.8, 4) is 0 Å². The van der Waals surface area contributed by atoms with Gasteiger partial charge in [-0.3, -0.25) is 9.69 Å². The molecule has 21 heavy (non-hydrogen) atoms. The Morgan fingerprint density at radius 2 is 1.90 bits per heavy atom. The minimum Gasteiger partial charge on any atom is -0.312 e. The van der Waals surface area contributed by atoms with E-state index in [-0.39, 0.29) is 5.56 Å². The van der Waals surface area contributed by atoms with E-state index in [0.29, 0.717) is 11.8 Å². The van der Waals surface area contributed by atoms with Gasteiger partial charge in [-0.05, 0) is 49.5 Å². The molecule has 3 heteroatoms. The zero-order valence-electron chi connectivity index (χ0n) is 12.6. The van der Waals surface area contributed by atoms with Gasteiger partial charge in [-0.1, -0.05) is 12.5 Å². The molecule has 4 bridgehead atoms. The second kappa shape index (κ2) is 4.45. The number of hydrogen-bond acceptors (Lipinski definition) is 2. The number of fused-ring (bicyclic) bond motifs is 6. The molecule has 1 saturated heterocycles. The first kappa shape index (κ1) is 12.5. The summed E-state index contributed by atoms with van der Waals surface area (Å²) in [6, 6.07) is 6.71. The Kier molecular flexibility index (Phi) is 2.64. The molecule has 5 atom stereocenters. The number of likely N-dealkylation sites (tertiary alicyclic amines) is 1. The van der Waals surface area contributed by atoms with E-state index in [2.05, 4.69) is 15.5 Å².